The Bertz CT molecular complexity index is 1500. The third-order valence-electron chi connectivity index (χ3n) is 8.13. The van der Waals surface area contributed by atoms with Crippen LogP contribution in [-0.4, -0.2) is 58.9 Å². The molecule has 2 unspecified atom stereocenters. The minimum atomic E-state index is -3.57. The molecule has 9 nitrogen and oxygen atoms in total. The molecule has 1 saturated heterocycles. The number of nitrogens with zero attached hydrogens (tertiary/aromatic N) is 6. The minimum Gasteiger partial charge on any atom is -0.326 e. The lowest BCUT2D eigenvalue weighted by atomic mass is 9.86. The summed E-state index contributed by atoms with van der Waals surface area (Å²) < 4.78 is 31.0. The van der Waals surface area contributed by atoms with Crippen molar-refractivity contribution in [3.63, 3.8) is 0 Å². The van der Waals surface area contributed by atoms with Crippen LogP contribution in [0.25, 0.3) is 12.2 Å². The maximum atomic E-state index is 13.6. The monoisotopic (exact) mass is 560 g/mol. The molecule has 210 valence electrons. The second kappa shape index (κ2) is 11.2. The first-order valence-electron chi connectivity index (χ1n) is 14.0. The number of sulfonamides is 1. The number of hydrogen-bond donors (Lipinski definition) is 0. The van der Waals surface area contributed by atoms with Crippen LogP contribution < -0.4 is 4.90 Å². The topological polar surface area (TPSA) is 83.8 Å². The maximum Gasteiger partial charge on any atom is 0.243 e. The van der Waals surface area contributed by atoms with Gasteiger partial charge in [-0.2, -0.15) is 9.40 Å². The zero-order valence-electron chi connectivity index (χ0n) is 23.1. The van der Waals surface area contributed by atoms with Crippen molar-refractivity contribution in [2.24, 2.45) is 0 Å². The predicted molar refractivity (Wildman–Crippen MR) is 155 cm³/mol. The summed E-state index contributed by atoms with van der Waals surface area (Å²) in [4.78, 5) is 12.8. The molecule has 0 radical (unpaired) electrons. The van der Waals surface area contributed by atoms with Gasteiger partial charge in [-0.3, -0.25) is 4.84 Å². The van der Waals surface area contributed by atoms with Gasteiger partial charge >= 0.3 is 0 Å². The van der Waals surface area contributed by atoms with Crippen molar-refractivity contribution in [2.75, 3.05) is 25.2 Å². The summed E-state index contributed by atoms with van der Waals surface area (Å²) in [5, 5.41) is 6.62. The number of aryl methyl sites for hydroxylation is 1. The zero-order valence-corrected chi connectivity index (χ0v) is 23.9. The van der Waals surface area contributed by atoms with Gasteiger partial charge in [0, 0.05) is 36.9 Å². The van der Waals surface area contributed by atoms with E-state index in [9.17, 15) is 8.42 Å². The van der Waals surface area contributed by atoms with Gasteiger partial charge in [0.2, 0.25) is 10.0 Å². The number of allylic oxidation sites excluding steroid dienone is 1. The summed E-state index contributed by atoms with van der Waals surface area (Å²) in [6.45, 7) is 4.04. The van der Waals surface area contributed by atoms with Gasteiger partial charge in [0.25, 0.3) is 0 Å². The maximum absolute atomic E-state index is 13.6. The number of rotatable bonds is 7. The lowest BCUT2D eigenvalue weighted by Crippen LogP contribution is -2.47. The molecule has 0 spiro atoms. The van der Waals surface area contributed by atoms with Crippen molar-refractivity contribution in [1.29, 1.82) is 0 Å². The molecule has 3 aliphatic rings. The van der Waals surface area contributed by atoms with E-state index in [0.717, 1.165) is 61.4 Å². The summed E-state index contributed by atoms with van der Waals surface area (Å²) in [5.41, 5.74) is 3.22. The van der Waals surface area contributed by atoms with E-state index >= 15 is 0 Å². The first-order chi connectivity index (χ1) is 19.4. The molecule has 3 aliphatic heterocycles. The smallest absolute Gasteiger partial charge is 0.243 e. The molecule has 4 heterocycles. The highest BCUT2D eigenvalue weighted by Crippen LogP contribution is 2.38. The Morgan fingerprint density at radius 1 is 0.950 bits per heavy atom. The van der Waals surface area contributed by atoms with Crippen molar-refractivity contribution >= 4 is 27.9 Å². The number of benzene rings is 2. The highest BCUT2D eigenvalue weighted by molar-refractivity contribution is 7.89. The molecule has 1 fully saturated rings. The normalized spacial score (nSPS) is 22.1. The summed E-state index contributed by atoms with van der Waals surface area (Å²) in [7, 11) is -1.90. The van der Waals surface area contributed by atoms with Crippen LogP contribution in [-0.2, 0) is 21.4 Å². The molecule has 2 atom stereocenters. The second-order valence-corrected chi connectivity index (χ2v) is 12.6. The van der Waals surface area contributed by atoms with E-state index in [4.69, 9.17) is 14.9 Å². The Morgan fingerprint density at radius 2 is 1.75 bits per heavy atom. The molecule has 0 saturated carbocycles. The van der Waals surface area contributed by atoms with Crippen molar-refractivity contribution in [2.45, 2.75) is 62.4 Å². The summed E-state index contributed by atoms with van der Waals surface area (Å²) in [5.74, 6) is 1.60. The van der Waals surface area contributed by atoms with Crippen LogP contribution in [0.4, 0.5) is 5.69 Å². The van der Waals surface area contributed by atoms with E-state index in [0.29, 0.717) is 23.9 Å². The highest BCUT2D eigenvalue weighted by Gasteiger charge is 2.41. The van der Waals surface area contributed by atoms with E-state index in [-0.39, 0.29) is 12.0 Å². The molecule has 2 aromatic carbocycles. The van der Waals surface area contributed by atoms with Gasteiger partial charge in [-0.05, 0) is 68.5 Å². The summed E-state index contributed by atoms with van der Waals surface area (Å²) in [6.07, 6.45) is 10.7. The van der Waals surface area contributed by atoms with Gasteiger partial charge in [0.1, 0.15) is 12.5 Å². The van der Waals surface area contributed by atoms with Crippen LogP contribution in [0.5, 0.6) is 0 Å². The van der Waals surface area contributed by atoms with Gasteiger partial charge in [-0.1, -0.05) is 42.8 Å². The van der Waals surface area contributed by atoms with Crippen LogP contribution >= 0.6 is 0 Å². The summed E-state index contributed by atoms with van der Waals surface area (Å²) >= 11 is 0. The Morgan fingerprint density at radius 3 is 2.50 bits per heavy atom. The number of piperidine rings is 1. The fourth-order valence-corrected chi connectivity index (χ4v) is 7.83. The van der Waals surface area contributed by atoms with Gasteiger partial charge in [0.05, 0.1) is 17.7 Å². The predicted octanol–water partition coefficient (Wildman–Crippen LogP) is 5.07. The molecule has 0 aliphatic carbocycles. The van der Waals surface area contributed by atoms with Gasteiger partial charge in [-0.15, -0.1) is 0 Å². The number of anilines is 1. The number of hydrogen-bond acceptors (Lipinski definition) is 7. The Labute approximate surface area is 236 Å². The van der Waals surface area contributed by atoms with Crippen molar-refractivity contribution in [1.82, 2.24) is 24.1 Å². The Balaban J connectivity index is 1.20. The van der Waals surface area contributed by atoms with Crippen LogP contribution in [0.3, 0.4) is 0 Å². The average molecular weight is 561 g/mol. The van der Waals surface area contributed by atoms with E-state index in [1.165, 1.54) is 0 Å². The van der Waals surface area contributed by atoms with E-state index < -0.39 is 10.0 Å². The largest absolute Gasteiger partial charge is 0.326 e. The van der Waals surface area contributed by atoms with E-state index in [1.54, 1.807) is 35.7 Å². The summed E-state index contributed by atoms with van der Waals surface area (Å²) in [6, 6.07) is 17.0. The van der Waals surface area contributed by atoms with E-state index in [1.807, 2.05) is 34.9 Å². The molecular weight excluding hydrogens is 524 g/mol. The van der Waals surface area contributed by atoms with Crippen LogP contribution in [0, 0.1) is 0 Å². The number of aromatic nitrogens is 3. The van der Waals surface area contributed by atoms with Gasteiger partial charge in [-0.25, -0.2) is 23.1 Å². The second-order valence-electron chi connectivity index (χ2n) is 10.7. The lowest BCUT2D eigenvalue weighted by Gasteiger charge is -2.40. The third kappa shape index (κ3) is 5.18. The Kier molecular flexibility index (Phi) is 7.48. The highest BCUT2D eigenvalue weighted by atomic mass is 32.2. The SMILES string of the molecule is CON1CN(c2ccc(C=Cc3nc4n(n3)CCCC4C3CCCCN3S(=O)(=O)c3ccccc3)cc2)C=C1C. The molecule has 40 heavy (non-hydrogen) atoms. The Hall–Kier alpha value is -3.47. The first-order valence-corrected chi connectivity index (χ1v) is 15.4. The molecule has 6 rings (SSSR count). The van der Waals surface area contributed by atoms with Crippen LogP contribution in [0.2, 0.25) is 0 Å². The van der Waals surface area contributed by atoms with Crippen LogP contribution in [0.15, 0.2) is 71.4 Å². The molecule has 10 heteroatoms. The number of hydroxylamine groups is 2. The first kappa shape index (κ1) is 26.7. The standard InChI is InChI=1S/C30H36N6O3S/c1-23-21-33(22-35(23)39-2)25-16-13-24(14-17-25)15-18-29-31-30-27(11-8-19-34(30)32-29)28-12-6-7-20-36(28)40(37,38)26-9-4-3-5-10-26/h3-5,9-10,13-18,21,27-28H,6-8,11-12,19-20,22H2,1-2H3. The fourth-order valence-electron chi connectivity index (χ4n) is 6.08. The molecule has 0 amide bonds. The molecule has 1 aromatic heterocycles. The quantitative estimate of drug-likeness (QED) is 0.399. The average Bonchev–Trinajstić information content (AvgIpc) is 3.59. The van der Waals surface area contributed by atoms with E-state index in [2.05, 4.69) is 35.4 Å². The van der Waals surface area contributed by atoms with Crippen molar-refractivity contribution in [3.8, 4) is 0 Å². The number of fused-ring (bicyclic) bond motifs is 1. The molecular formula is C30H36N6O3S. The van der Waals surface area contributed by atoms with Gasteiger partial charge in [0.15, 0.2) is 5.82 Å². The zero-order chi connectivity index (χ0) is 27.7. The lowest BCUT2D eigenvalue weighted by molar-refractivity contribution is -0.0905. The van der Waals surface area contributed by atoms with Crippen molar-refractivity contribution < 1.29 is 13.3 Å². The molecule has 3 aromatic rings. The fraction of sp³-hybridized carbons (Fsp3) is 0.400. The van der Waals surface area contributed by atoms with Gasteiger partial charge < -0.3 is 4.90 Å². The molecule has 0 N–H and O–H groups in total. The van der Waals surface area contributed by atoms with Crippen molar-refractivity contribution in [3.05, 3.63) is 83.7 Å². The third-order valence-corrected chi connectivity index (χ3v) is 10.1. The minimum absolute atomic E-state index is 0.0325. The molecule has 0 bridgehead atoms. The van der Waals surface area contributed by atoms with Crippen LogP contribution in [0.1, 0.15) is 62.2 Å².